The zero-order chi connectivity index (χ0) is 9.97. The lowest BCUT2D eigenvalue weighted by atomic mass is 10.2. The molecule has 74 valence electrons. The third-order valence-corrected chi connectivity index (χ3v) is 2.42. The van der Waals surface area contributed by atoms with Crippen LogP contribution >= 0.6 is 0 Å². The first-order valence-electron chi connectivity index (χ1n) is 4.77. The molecule has 1 amide bonds. The van der Waals surface area contributed by atoms with Crippen LogP contribution in [0.2, 0.25) is 0 Å². The van der Waals surface area contributed by atoms with Gasteiger partial charge in [0, 0.05) is 31.3 Å². The van der Waals surface area contributed by atoms with Crippen molar-refractivity contribution in [3.63, 3.8) is 0 Å². The van der Waals surface area contributed by atoms with Crippen LogP contribution in [-0.2, 0) is 11.3 Å². The molecule has 0 spiro atoms. The molecule has 1 saturated heterocycles. The molecule has 2 N–H and O–H groups in total. The number of nitrogens with two attached hydrogens (primary N) is 1. The zero-order valence-electron chi connectivity index (χ0n) is 7.94. The Labute approximate surface area is 82.7 Å². The van der Waals surface area contributed by atoms with Gasteiger partial charge in [0.1, 0.15) is 5.82 Å². The standard InChI is InChI=1S/C10H13N3O/c11-7-8-3-1-5-12-10(8)13-6-2-4-9(13)14/h1,3,5H,2,4,6-7,11H2. The van der Waals surface area contributed by atoms with Crippen molar-refractivity contribution in [2.75, 3.05) is 11.4 Å². The van der Waals surface area contributed by atoms with Crippen LogP contribution in [0, 0.1) is 0 Å². The second-order valence-electron chi connectivity index (χ2n) is 3.34. The molecule has 1 aliphatic rings. The monoisotopic (exact) mass is 191 g/mol. The summed E-state index contributed by atoms with van der Waals surface area (Å²) in [4.78, 5) is 17.4. The van der Waals surface area contributed by atoms with E-state index in [1.807, 2.05) is 12.1 Å². The largest absolute Gasteiger partial charge is 0.326 e. The number of pyridine rings is 1. The fraction of sp³-hybridized carbons (Fsp3) is 0.400. The fourth-order valence-electron chi connectivity index (χ4n) is 1.70. The number of amides is 1. The predicted molar refractivity (Wildman–Crippen MR) is 53.7 cm³/mol. The molecule has 0 aliphatic carbocycles. The van der Waals surface area contributed by atoms with Crippen LogP contribution in [-0.4, -0.2) is 17.4 Å². The molecule has 2 rings (SSSR count). The Morgan fingerprint density at radius 2 is 2.43 bits per heavy atom. The highest BCUT2D eigenvalue weighted by Crippen LogP contribution is 2.22. The molecule has 4 nitrogen and oxygen atoms in total. The second kappa shape index (κ2) is 3.75. The SMILES string of the molecule is NCc1cccnc1N1CCCC1=O. The molecule has 1 aromatic heterocycles. The van der Waals surface area contributed by atoms with Gasteiger partial charge in [-0.2, -0.15) is 0 Å². The first-order chi connectivity index (χ1) is 6.83. The summed E-state index contributed by atoms with van der Waals surface area (Å²) >= 11 is 0. The molecule has 0 aromatic carbocycles. The summed E-state index contributed by atoms with van der Waals surface area (Å²) < 4.78 is 0. The average Bonchev–Trinajstić information content (AvgIpc) is 2.64. The Kier molecular flexibility index (Phi) is 2.45. The number of rotatable bonds is 2. The molecule has 0 radical (unpaired) electrons. The summed E-state index contributed by atoms with van der Waals surface area (Å²) in [6.07, 6.45) is 3.24. The van der Waals surface area contributed by atoms with Crippen LogP contribution < -0.4 is 10.6 Å². The molecule has 1 fully saturated rings. The minimum absolute atomic E-state index is 0.151. The predicted octanol–water partition coefficient (Wildman–Crippen LogP) is 0.667. The van der Waals surface area contributed by atoms with Crippen LogP contribution in [0.5, 0.6) is 0 Å². The van der Waals surface area contributed by atoms with Crippen molar-refractivity contribution in [1.29, 1.82) is 0 Å². The van der Waals surface area contributed by atoms with E-state index >= 15 is 0 Å². The lowest BCUT2D eigenvalue weighted by Gasteiger charge is -2.17. The van der Waals surface area contributed by atoms with Gasteiger partial charge >= 0.3 is 0 Å². The van der Waals surface area contributed by atoms with Crippen molar-refractivity contribution in [1.82, 2.24) is 4.98 Å². The van der Waals surface area contributed by atoms with E-state index in [-0.39, 0.29) is 5.91 Å². The summed E-state index contributed by atoms with van der Waals surface area (Å²) in [5.41, 5.74) is 6.52. The lowest BCUT2D eigenvalue weighted by molar-refractivity contribution is -0.117. The molecular formula is C10H13N3O. The van der Waals surface area contributed by atoms with Gasteiger partial charge in [0.15, 0.2) is 0 Å². The van der Waals surface area contributed by atoms with E-state index in [9.17, 15) is 4.79 Å². The topological polar surface area (TPSA) is 59.2 Å². The van der Waals surface area contributed by atoms with Gasteiger partial charge in [0.25, 0.3) is 0 Å². The molecule has 0 atom stereocenters. The Morgan fingerprint density at radius 3 is 3.07 bits per heavy atom. The van der Waals surface area contributed by atoms with Crippen LogP contribution in [0.25, 0.3) is 0 Å². The van der Waals surface area contributed by atoms with Gasteiger partial charge in [0.2, 0.25) is 5.91 Å². The second-order valence-corrected chi connectivity index (χ2v) is 3.34. The van der Waals surface area contributed by atoms with E-state index in [1.54, 1.807) is 11.1 Å². The van der Waals surface area contributed by atoms with Gasteiger partial charge in [-0.3, -0.25) is 9.69 Å². The number of nitrogens with zero attached hydrogens (tertiary/aromatic N) is 2. The van der Waals surface area contributed by atoms with E-state index in [2.05, 4.69) is 4.98 Å². The van der Waals surface area contributed by atoms with E-state index in [4.69, 9.17) is 5.73 Å². The van der Waals surface area contributed by atoms with Crippen LogP contribution in [0.3, 0.4) is 0 Å². The highest BCUT2D eigenvalue weighted by molar-refractivity contribution is 5.95. The summed E-state index contributed by atoms with van der Waals surface area (Å²) in [7, 11) is 0. The van der Waals surface area contributed by atoms with Gasteiger partial charge in [-0.15, -0.1) is 0 Å². The molecule has 0 saturated carbocycles. The number of carbonyl (C=O) groups excluding carboxylic acids is 1. The highest BCUT2D eigenvalue weighted by Gasteiger charge is 2.24. The van der Waals surface area contributed by atoms with Crippen LogP contribution in [0.4, 0.5) is 5.82 Å². The molecule has 0 unspecified atom stereocenters. The normalized spacial score (nSPS) is 16.4. The van der Waals surface area contributed by atoms with Gasteiger partial charge in [-0.05, 0) is 12.5 Å². The quantitative estimate of drug-likeness (QED) is 0.747. The Bertz CT molecular complexity index is 351. The Balaban J connectivity index is 2.35. The van der Waals surface area contributed by atoms with Gasteiger partial charge in [0.05, 0.1) is 0 Å². The summed E-state index contributed by atoms with van der Waals surface area (Å²) in [6.45, 7) is 1.19. The maximum absolute atomic E-state index is 11.5. The number of anilines is 1. The van der Waals surface area contributed by atoms with E-state index in [0.29, 0.717) is 13.0 Å². The third-order valence-electron chi connectivity index (χ3n) is 2.42. The van der Waals surface area contributed by atoms with Crippen LogP contribution in [0.15, 0.2) is 18.3 Å². The maximum Gasteiger partial charge on any atom is 0.228 e. The molecular weight excluding hydrogens is 178 g/mol. The van der Waals surface area contributed by atoms with Crippen LogP contribution in [0.1, 0.15) is 18.4 Å². The summed E-state index contributed by atoms with van der Waals surface area (Å²) in [5, 5.41) is 0. The smallest absolute Gasteiger partial charge is 0.228 e. The average molecular weight is 191 g/mol. The molecule has 1 aliphatic heterocycles. The minimum Gasteiger partial charge on any atom is -0.326 e. The van der Waals surface area contributed by atoms with Crippen molar-refractivity contribution < 1.29 is 4.79 Å². The van der Waals surface area contributed by atoms with Crippen molar-refractivity contribution >= 4 is 11.7 Å². The van der Waals surface area contributed by atoms with Crippen molar-refractivity contribution in [2.24, 2.45) is 5.73 Å². The first-order valence-corrected chi connectivity index (χ1v) is 4.77. The van der Waals surface area contributed by atoms with E-state index < -0.39 is 0 Å². The molecule has 0 bridgehead atoms. The minimum atomic E-state index is 0.151. The molecule has 1 aromatic rings. The summed E-state index contributed by atoms with van der Waals surface area (Å²) in [5.74, 6) is 0.885. The first kappa shape index (κ1) is 9.15. The van der Waals surface area contributed by atoms with Crippen molar-refractivity contribution in [3.05, 3.63) is 23.9 Å². The number of hydrogen-bond acceptors (Lipinski definition) is 3. The van der Waals surface area contributed by atoms with Gasteiger partial charge in [-0.25, -0.2) is 4.98 Å². The number of carbonyl (C=O) groups is 1. The maximum atomic E-state index is 11.5. The summed E-state index contributed by atoms with van der Waals surface area (Å²) in [6, 6.07) is 3.75. The number of hydrogen-bond donors (Lipinski definition) is 1. The highest BCUT2D eigenvalue weighted by atomic mass is 16.2. The number of aromatic nitrogens is 1. The van der Waals surface area contributed by atoms with Gasteiger partial charge < -0.3 is 5.73 Å². The Morgan fingerprint density at radius 1 is 1.57 bits per heavy atom. The zero-order valence-corrected chi connectivity index (χ0v) is 7.94. The van der Waals surface area contributed by atoms with E-state index in [0.717, 1.165) is 24.3 Å². The van der Waals surface area contributed by atoms with E-state index in [1.165, 1.54) is 0 Å². The molecule has 2 heterocycles. The fourth-order valence-corrected chi connectivity index (χ4v) is 1.70. The van der Waals surface area contributed by atoms with Gasteiger partial charge in [-0.1, -0.05) is 6.07 Å². The van der Waals surface area contributed by atoms with Crippen molar-refractivity contribution in [3.8, 4) is 0 Å². The third kappa shape index (κ3) is 1.48. The Hall–Kier alpha value is -1.42. The molecule has 14 heavy (non-hydrogen) atoms. The molecule has 4 heteroatoms. The van der Waals surface area contributed by atoms with Crippen molar-refractivity contribution in [2.45, 2.75) is 19.4 Å². The lowest BCUT2D eigenvalue weighted by Crippen LogP contribution is -2.26.